The summed E-state index contributed by atoms with van der Waals surface area (Å²) < 4.78 is 4.37. The molecule has 0 fully saturated rings. The molecule has 0 aliphatic heterocycles. The molecule has 0 bridgehead atoms. The predicted octanol–water partition coefficient (Wildman–Crippen LogP) is 4.58. The van der Waals surface area contributed by atoms with E-state index in [1.807, 2.05) is 0 Å². The molecule has 4 rings (SSSR count). The van der Waals surface area contributed by atoms with E-state index in [1.54, 1.807) is 0 Å². The summed E-state index contributed by atoms with van der Waals surface area (Å²) in [6, 6.07) is 25.9. The first-order valence-electron chi connectivity index (χ1n) is 9.31. The molecule has 2 aromatic heterocycles. The largest absolute Gasteiger partial charge is 0.211 e. The molecule has 27 heavy (non-hydrogen) atoms. The van der Waals surface area contributed by atoms with Gasteiger partial charge in [0.25, 0.3) is 0 Å². The molecule has 0 aliphatic carbocycles. The topological polar surface area (TPSA) is 7.76 Å². The van der Waals surface area contributed by atoms with Gasteiger partial charge in [-0.3, -0.25) is 0 Å². The van der Waals surface area contributed by atoms with Crippen LogP contribution in [-0.2, 0) is 6.54 Å². The van der Waals surface area contributed by atoms with Crippen LogP contribution in [0.25, 0.3) is 16.8 Å². The Morgan fingerprint density at radius 2 is 1.19 bits per heavy atom. The minimum Gasteiger partial charge on any atom is -0.201 e. The number of rotatable bonds is 4. The fourth-order valence-electron chi connectivity index (χ4n) is 3.44. The number of benzene rings is 2. The van der Waals surface area contributed by atoms with E-state index in [-0.39, 0.29) is 0 Å². The number of pyridine rings is 2. The summed E-state index contributed by atoms with van der Waals surface area (Å²) in [6.07, 6.45) is 8.56. The highest BCUT2D eigenvalue weighted by Gasteiger charge is 2.09. The maximum atomic E-state index is 2.21. The van der Waals surface area contributed by atoms with E-state index >= 15 is 0 Å². The van der Waals surface area contributed by atoms with Gasteiger partial charge in [-0.2, -0.15) is 4.57 Å². The molecule has 0 radical (unpaired) electrons. The molecule has 0 atom stereocenters. The molecule has 0 N–H and O–H groups in total. The number of nitrogens with zero attached hydrogens (tertiary/aromatic N) is 2. The van der Waals surface area contributed by atoms with Gasteiger partial charge in [0, 0.05) is 42.0 Å². The number of hydrogen-bond donors (Lipinski definition) is 0. The van der Waals surface area contributed by atoms with Gasteiger partial charge in [-0.15, -0.1) is 0 Å². The Balaban J connectivity index is 1.53. The summed E-state index contributed by atoms with van der Waals surface area (Å²) >= 11 is 0. The van der Waals surface area contributed by atoms with Crippen LogP contribution in [0.3, 0.4) is 0 Å². The minimum absolute atomic E-state index is 0.891. The van der Waals surface area contributed by atoms with Crippen molar-refractivity contribution in [2.75, 3.05) is 0 Å². The van der Waals surface area contributed by atoms with Crippen molar-refractivity contribution in [3.8, 4) is 16.8 Å². The lowest BCUT2D eigenvalue weighted by molar-refractivity contribution is -0.688. The predicted molar refractivity (Wildman–Crippen MR) is 109 cm³/mol. The Kier molecular flexibility index (Phi) is 4.80. The van der Waals surface area contributed by atoms with Gasteiger partial charge < -0.3 is 0 Å². The van der Waals surface area contributed by atoms with Crippen LogP contribution >= 0.6 is 0 Å². The fraction of sp³-hybridized carbons (Fsp3) is 0.120. The van der Waals surface area contributed by atoms with Crippen molar-refractivity contribution in [1.82, 2.24) is 0 Å². The van der Waals surface area contributed by atoms with Crippen molar-refractivity contribution >= 4 is 0 Å². The minimum atomic E-state index is 0.891. The molecule has 0 unspecified atom stereocenters. The second-order valence-electron chi connectivity index (χ2n) is 7.08. The summed E-state index contributed by atoms with van der Waals surface area (Å²) in [6.45, 7) is 5.17. The third-order valence-electron chi connectivity index (χ3n) is 4.77. The van der Waals surface area contributed by atoms with Crippen LogP contribution in [0.2, 0.25) is 0 Å². The monoisotopic (exact) mass is 352 g/mol. The van der Waals surface area contributed by atoms with Crippen LogP contribution in [0.1, 0.15) is 16.7 Å². The Labute approximate surface area is 161 Å². The van der Waals surface area contributed by atoms with E-state index in [9.17, 15) is 0 Å². The second-order valence-corrected chi connectivity index (χ2v) is 7.08. The van der Waals surface area contributed by atoms with Crippen LogP contribution in [0.5, 0.6) is 0 Å². The molecule has 0 amide bonds. The summed E-state index contributed by atoms with van der Waals surface area (Å²) in [5.41, 5.74) is 7.53. The van der Waals surface area contributed by atoms with E-state index in [4.69, 9.17) is 0 Å². The van der Waals surface area contributed by atoms with E-state index in [0.29, 0.717) is 0 Å². The van der Waals surface area contributed by atoms with Crippen molar-refractivity contribution in [2.24, 2.45) is 0 Å². The second kappa shape index (κ2) is 7.55. The van der Waals surface area contributed by atoms with Gasteiger partial charge in [0.05, 0.1) is 0 Å². The number of aromatic nitrogens is 2. The third kappa shape index (κ3) is 4.12. The normalized spacial score (nSPS) is 10.7. The summed E-state index contributed by atoms with van der Waals surface area (Å²) in [4.78, 5) is 0. The van der Waals surface area contributed by atoms with Crippen molar-refractivity contribution in [3.63, 3.8) is 0 Å². The summed E-state index contributed by atoms with van der Waals surface area (Å²) in [5, 5.41) is 0. The third-order valence-corrected chi connectivity index (χ3v) is 4.77. The Morgan fingerprint density at radius 1 is 0.630 bits per heavy atom. The van der Waals surface area contributed by atoms with Gasteiger partial charge in [0.2, 0.25) is 5.69 Å². The van der Waals surface area contributed by atoms with E-state index in [0.717, 1.165) is 6.54 Å². The SMILES string of the molecule is Cc1cc(C)cc(-[n+]2ccc(-c3cc[n+](Cc4ccccc4)cc3)cc2)c1. The van der Waals surface area contributed by atoms with Gasteiger partial charge in [-0.1, -0.05) is 36.4 Å². The van der Waals surface area contributed by atoms with Gasteiger partial charge in [-0.05, 0) is 36.1 Å². The molecule has 0 saturated heterocycles. The van der Waals surface area contributed by atoms with Crippen molar-refractivity contribution in [3.05, 3.63) is 114 Å². The highest BCUT2D eigenvalue weighted by atomic mass is 14.9. The van der Waals surface area contributed by atoms with Gasteiger partial charge >= 0.3 is 0 Å². The Bertz CT molecular complexity index is 1010. The molecular weight excluding hydrogens is 328 g/mol. The lowest BCUT2D eigenvalue weighted by Crippen LogP contribution is -2.33. The lowest BCUT2D eigenvalue weighted by atomic mass is 10.1. The van der Waals surface area contributed by atoms with Crippen molar-refractivity contribution in [2.45, 2.75) is 20.4 Å². The van der Waals surface area contributed by atoms with Crippen LogP contribution in [0.4, 0.5) is 0 Å². The van der Waals surface area contributed by atoms with Gasteiger partial charge in [0.1, 0.15) is 0 Å². The maximum absolute atomic E-state index is 2.21. The Hall–Kier alpha value is -3.26. The average Bonchev–Trinajstić information content (AvgIpc) is 2.69. The maximum Gasteiger partial charge on any atom is 0.211 e. The van der Waals surface area contributed by atoms with Crippen LogP contribution in [-0.4, -0.2) is 0 Å². The molecule has 132 valence electrons. The summed E-state index contributed by atoms with van der Waals surface area (Å²) in [7, 11) is 0. The fourth-order valence-corrected chi connectivity index (χ4v) is 3.44. The quantitative estimate of drug-likeness (QED) is 0.475. The standard InChI is InChI=1S/C25H24N2/c1-20-16-21(2)18-25(17-20)27-14-10-24(11-15-27)23-8-12-26(13-9-23)19-22-6-4-3-5-7-22/h3-18H,19H2,1-2H3/q+2. The molecule has 4 aromatic rings. The zero-order valence-corrected chi connectivity index (χ0v) is 15.8. The van der Waals surface area contributed by atoms with E-state index < -0.39 is 0 Å². The molecule has 0 saturated carbocycles. The van der Waals surface area contributed by atoms with E-state index in [1.165, 1.54) is 33.5 Å². The van der Waals surface area contributed by atoms with Gasteiger partial charge in [-0.25, -0.2) is 4.57 Å². The van der Waals surface area contributed by atoms with Crippen molar-refractivity contribution < 1.29 is 9.13 Å². The number of aryl methyl sites for hydroxylation is 2. The molecule has 2 nitrogen and oxygen atoms in total. The highest BCUT2D eigenvalue weighted by molar-refractivity contribution is 5.61. The first-order chi connectivity index (χ1) is 13.2. The molecule has 0 spiro atoms. The highest BCUT2D eigenvalue weighted by Crippen LogP contribution is 2.17. The molecule has 0 aliphatic rings. The molecule has 2 heterocycles. The first kappa shape index (κ1) is 17.2. The average molecular weight is 352 g/mol. The first-order valence-corrected chi connectivity index (χ1v) is 9.31. The zero-order chi connectivity index (χ0) is 18.6. The lowest BCUT2D eigenvalue weighted by Gasteiger charge is -2.03. The smallest absolute Gasteiger partial charge is 0.201 e. The Morgan fingerprint density at radius 3 is 1.78 bits per heavy atom. The van der Waals surface area contributed by atoms with E-state index in [2.05, 4.69) is 121 Å². The summed E-state index contributed by atoms with van der Waals surface area (Å²) in [5.74, 6) is 0. The van der Waals surface area contributed by atoms with Crippen molar-refractivity contribution in [1.29, 1.82) is 0 Å². The zero-order valence-electron chi connectivity index (χ0n) is 15.8. The van der Waals surface area contributed by atoms with Crippen LogP contribution in [0.15, 0.2) is 97.6 Å². The van der Waals surface area contributed by atoms with Crippen LogP contribution in [0, 0.1) is 13.8 Å². The van der Waals surface area contributed by atoms with Crippen LogP contribution < -0.4 is 9.13 Å². The molecule has 2 aromatic carbocycles. The number of hydrogen-bond acceptors (Lipinski definition) is 0. The van der Waals surface area contributed by atoms with Gasteiger partial charge in [0.15, 0.2) is 31.3 Å². The molecular formula is C25H24N2+2. The molecule has 2 heteroatoms.